The number of thiophene rings is 1. The molecule has 0 saturated carbocycles. The van der Waals surface area contributed by atoms with E-state index in [0.717, 1.165) is 35.3 Å². The van der Waals surface area contributed by atoms with Crippen LogP contribution in [0.1, 0.15) is 58.5 Å². The first kappa shape index (κ1) is 21.1. The van der Waals surface area contributed by atoms with E-state index in [1.54, 1.807) is 12.1 Å². The molecule has 0 unspecified atom stereocenters. The van der Waals surface area contributed by atoms with E-state index < -0.39 is 0 Å². The second-order valence-corrected chi connectivity index (χ2v) is 8.42. The van der Waals surface area contributed by atoms with E-state index in [0.29, 0.717) is 12.1 Å². The van der Waals surface area contributed by atoms with E-state index >= 15 is 0 Å². The molecule has 0 saturated heterocycles. The number of hydrogen-bond donors (Lipinski definition) is 2. The van der Waals surface area contributed by atoms with Crippen LogP contribution in [-0.4, -0.2) is 18.4 Å². The van der Waals surface area contributed by atoms with Gasteiger partial charge in [-0.15, -0.1) is 11.3 Å². The maximum Gasteiger partial charge on any atom is 0.267 e. The molecule has 4 nitrogen and oxygen atoms in total. The topological polar surface area (TPSA) is 58.2 Å². The molecule has 5 heteroatoms. The van der Waals surface area contributed by atoms with Crippen LogP contribution in [0.15, 0.2) is 53.1 Å². The highest BCUT2D eigenvalue weighted by Gasteiger charge is 2.15. The third kappa shape index (κ3) is 6.16. The lowest BCUT2D eigenvalue weighted by Gasteiger charge is -2.14. The van der Waals surface area contributed by atoms with Crippen LogP contribution in [0.3, 0.4) is 0 Å². The number of allylic oxidation sites excluding steroid dienone is 1. The standard InChI is InChI=1S/C24H28N2O2S/c1-17-10-11-20(15-18(17)2)23(27)26-22(16-21-9-6-14-29-21)24(28)25-13-12-19-7-4-3-5-8-19/h6-7,9-11,14-16H,3-5,8,12-13H2,1-2H3,(H,25,28)(H,26,27). The molecule has 0 aliphatic heterocycles. The molecule has 2 aromatic rings. The van der Waals surface area contributed by atoms with Crippen LogP contribution in [0, 0.1) is 13.8 Å². The van der Waals surface area contributed by atoms with Crippen molar-refractivity contribution in [2.45, 2.75) is 46.0 Å². The Morgan fingerprint density at radius 1 is 1.14 bits per heavy atom. The van der Waals surface area contributed by atoms with Crippen molar-refractivity contribution in [2.24, 2.45) is 0 Å². The van der Waals surface area contributed by atoms with Crippen LogP contribution < -0.4 is 10.6 Å². The minimum atomic E-state index is -0.277. The number of carbonyl (C=O) groups excluding carboxylic acids is 2. The summed E-state index contributed by atoms with van der Waals surface area (Å²) in [6.45, 7) is 4.56. The Hall–Kier alpha value is -2.66. The predicted octanol–water partition coefficient (Wildman–Crippen LogP) is 5.14. The quantitative estimate of drug-likeness (QED) is 0.492. The molecule has 1 aromatic heterocycles. The minimum Gasteiger partial charge on any atom is -0.350 e. The summed E-state index contributed by atoms with van der Waals surface area (Å²) in [5.41, 5.74) is 4.41. The first-order chi connectivity index (χ1) is 14.0. The summed E-state index contributed by atoms with van der Waals surface area (Å²) in [5, 5.41) is 7.72. The maximum absolute atomic E-state index is 12.8. The van der Waals surface area contributed by atoms with Crippen LogP contribution in [-0.2, 0) is 4.79 Å². The van der Waals surface area contributed by atoms with E-state index in [4.69, 9.17) is 0 Å². The van der Waals surface area contributed by atoms with Gasteiger partial charge in [0.15, 0.2) is 0 Å². The molecule has 0 atom stereocenters. The summed E-state index contributed by atoms with van der Waals surface area (Å²) in [5.74, 6) is -0.534. The highest BCUT2D eigenvalue weighted by Crippen LogP contribution is 2.19. The van der Waals surface area contributed by atoms with Crippen molar-refractivity contribution < 1.29 is 9.59 Å². The number of carbonyl (C=O) groups is 2. The molecular formula is C24H28N2O2S. The minimum absolute atomic E-state index is 0.257. The van der Waals surface area contributed by atoms with E-state index in [1.807, 2.05) is 43.5 Å². The SMILES string of the molecule is Cc1ccc(C(=O)NC(=Cc2cccs2)C(=O)NCCC2=CCCCC2)cc1C. The lowest BCUT2D eigenvalue weighted by Crippen LogP contribution is -2.35. The summed E-state index contributed by atoms with van der Waals surface area (Å²) in [6, 6.07) is 9.40. The average molecular weight is 409 g/mol. The molecule has 3 rings (SSSR count). The van der Waals surface area contributed by atoms with Gasteiger partial charge in [0.1, 0.15) is 5.70 Å². The molecule has 2 N–H and O–H groups in total. The second-order valence-electron chi connectivity index (χ2n) is 7.44. The highest BCUT2D eigenvalue weighted by molar-refractivity contribution is 7.10. The van der Waals surface area contributed by atoms with Gasteiger partial charge in [-0.2, -0.15) is 0 Å². The highest BCUT2D eigenvalue weighted by atomic mass is 32.1. The number of amides is 2. The summed E-state index contributed by atoms with van der Waals surface area (Å²) < 4.78 is 0. The Kier molecular flexibility index (Phi) is 7.42. The zero-order valence-electron chi connectivity index (χ0n) is 17.1. The van der Waals surface area contributed by atoms with Gasteiger partial charge in [0.25, 0.3) is 11.8 Å². The molecule has 152 valence electrons. The van der Waals surface area contributed by atoms with Crippen LogP contribution in [0.4, 0.5) is 0 Å². The Morgan fingerprint density at radius 3 is 2.69 bits per heavy atom. The fraction of sp³-hybridized carbons (Fsp3) is 0.333. The smallest absolute Gasteiger partial charge is 0.267 e. The van der Waals surface area contributed by atoms with Crippen LogP contribution in [0.5, 0.6) is 0 Å². The van der Waals surface area contributed by atoms with Gasteiger partial charge in [0.05, 0.1) is 0 Å². The Bertz CT molecular complexity index is 926. The molecule has 1 aliphatic rings. The fourth-order valence-electron chi connectivity index (χ4n) is 3.31. The Labute approximate surface area is 176 Å². The molecule has 2 amide bonds. The summed E-state index contributed by atoms with van der Waals surface area (Å²) >= 11 is 1.53. The Balaban J connectivity index is 1.68. The summed E-state index contributed by atoms with van der Waals surface area (Å²) in [4.78, 5) is 26.4. The first-order valence-corrected chi connectivity index (χ1v) is 11.0. The molecule has 29 heavy (non-hydrogen) atoms. The van der Waals surface area contributed by atoms with Gasteiger partial charge in [-0.25, -0.2) is 0 Å². The zero-order chi connectivity index (χ0) is 20.6. The number of rotatable bonds is 7. The van der Waals surface area contributed by atoms with Gasteiger partial charge in [-0.3, -0.25) is 9.59 Å². The van der Waals surface area contributed by atoms with Crippen LogP contribution in [0.2, 0.25) is 0 Å². The third-order valence-corrected chi connectivity index (χ3v) is 6.03. The molecular weight excluding hydrogens is 380 g/mol. The molecule has 0 spiro atoms. The average Bonchev–Trinajstić information content (AvgIpc) is 3.23. The van der Waals surface area contributed by atoms with E-state index in [2.05, 4.69) is 16.7 Å². The van der Waals surface area contributed by atoms with Crippen molar-refractivity contribution in [1.82, 2.24) is 10.6 Å². The number of hydrogen-bond acceptors (Lipinski definition) is 3. The van der Waals surface area contributed by atoms with Gasteiger partial charge in [0, 0.05) is 17.0 Å². The van der Waals surface area contributed by atoms with Gasteiger partial charge in [0.2, 0.25) is 0 Å². The molecule has 1 aliphatic carbocycles. The van der Waals surface area contributed by atoms with Crippen molar-refractivity contribution >= 4 is 29.2 Å². The molecule has 0 radical (unpaired) electrons. The predicted molar refractivity (Wildman–Crippen MR) is 120 cm³/mol. The van der Waals surface area contributed by atoms with Gasteiger partial charge in [-0.1, -0.05) is 23.8 Å². The fourth-order valence-corrected chi connectivity index (χ4v) is 3.97. The number of nitrogens with one attached hydrogen (secondary N) is 2. The van der Waals surface area contributed by atoms with Crippen LogP contribution >= 0.6 is 11.3 Å². The molecule has 0 bridgehead atoms. The summed E-state index contributed by atoms with van der Waals surface area (Å²) in [6.07, 6.45) is 9.64. The second kappa shape index (κ2) is 10.2. The van der Waals surface area contributed by atoms with Crippen LogP contribution in [0.25, 0.3) is 6.08 Å². The normalized spacial score (nSPS) is 14.3. The lowest BCUT2D eigenvalue weighted by molar-refractivity contribution is -0.117. The zero-order valence-corrected chi connectivity index (χ0v) is 17.9. The van der Waals surface area contributed by atoms with Crippen molar-refractivity contribution in [3.8, 4) is 0 Å². The van der Waals surface area contributed by atoms with Gasteiger partial charge in [-0.05, 0) is 86.7 Å². The Morgan fingerprint density at radius 2 is 2.00 bits per heavy atom. The number of benzene rings is 1. The van der Waals surface area contributed by atoms with E-state index in [9.17, 15) is 9.59 Å². The van der Waals surface area contributed by atoms with Gasteiger partial charge >= 0.3 is 0 Å². The van der Waals surface area contributed by atoms with Gasteiger partial charge < -0.3 is 10.6 Å². The van der Waals surface area contributed by atoms with Crippen molar-refractivity contribution in [1.29, 1.82) is 0 Å². The van der Waals surface area contributed by atoms with E-state index in [-0.39, 0.29) is 17.5 Å². The van der Waals surface area contributed by atoms with Crippen molar-refractivity contribution in [2.75, 3.05) is 6.54 Å². The lowest BCUT2D eigenvalue weighted by atomic mass is 9.97. The third-order valence-electron chi connectivity index (χ3n) is 5.21. The van der Waals surface area contributed by atoms with E-state index in [1.165, 1.54) is 29.8 Å². The largest absolute Gasteiger partial charge is 0.350 e. The summed E-state index contributed by atoms with van der Waals surface area (Å²) in [7, 11) is 0. The molecule has 1 aromatic carbocycles. The van der Waals surface area contributed by atoms with Crippen molar-refractivity contribution in [3.63, 3.8) is 0 Å². The molecule has 0 fully saturated rings. The first-order valence-electron chi connectivity index (χ1n) is 10.1. The molecule has 1 heterocycles. The van der Waals surface area contributed by atoms with Crippen molar-refractivity contribution in [3.05, 3.63) is 74.6 Å². The maximum atomic E-state index is 12.8. The number of aryl methyl sites for hydroxylation is 2. The monoisotopic (exact) mass is 408 g/mol.